The van der Waals surface area contributed by atoms with Crippen molar-refractivity contribution in [2.45, 2.75) is 37.6 Å². The number of anilines is 1. The lowest BCUT2D eigenvalue weighted by Crippen LogP contribution is -2.35. The second-order valence-corrected chi connectivity index (χ2v) is 6.18. The van der Waals surface area contributed by atoms with Gasteiger partial charge in [-0.05, 0) is 13.3 Å². The first-order valence-electron chi connectivity index (χ1n) is 5.57. The molecule has 6 nitrogen and oxygen atoms in total. The van der Waals surface area contributed by atoms with E-state index >= 15 is 0 Å². The number of hydrogen-bond donors (Lipinski definition) is 1. The van der Waals surface area contributed by atoms with Crippen molar-refractivity contribution >= 4 is 15.8 Å². The summed E-state index contributed by atoms with van der Waals surface area (Å²) in [6.45, 7) is 3.91. The molecule has 1 rings (SSSR count). The third-order valence-electron chi connectivity index (χ3n) is 2.81. The minimum Gasteiger partial charge on any atom is -0.381 e. The van der Waals surface area contributed by atoms with Crippen molar-refractivity contribution in [1.82, 2.24) is 14.1 Å². The summed E-state index contributed by atoms with van der Waals surface area (Å²) >= 11 is 0. The molecule has 0 aliphatic rings. The fourth-order valence-corrected chi connectivity index (χ4v) is 3.15. The average Bonchev–Trinajstić information content (AvgIpc) is 2.57. The van der Waals surface area contributed by atoms with Gasteiger partial charge in [0.05, 0.1) is 0 Å². The molecular weight excluding hydrogens is 240 g/mol. The summed E-state index contributed by atoms with van der Waals surface area (Å²) in [5.74, 6) is 0.0445. The molecule has 1 unspecified atom stereocenters. The molecule has 2 N–H and O–H groups in total. The molecule has 0 aliphatic carbocycles. The molecule has 1 atom stereocenters. The molecule has 0 amide bonds. The predicted octanol–water partition coefficient (Wildman–Crippen LogP) is 0.811. The van der Waals surface area contributed by atoms with Crippen LogP contribution < -0.4 is 5.73 Å². The van der Waals surface area contributed by atoms with Gasteiger partial charge in [0, 0.05) is 26.3 Å². The van der Waals surface area contributed by atoms with Crippen LogP contribution >= 0.6 is 0 Å². The summed E-state index contributed by atoms with van der Waals surface area (Å²) in [6, 6.07) is -0.0513. The lowest BCUT2D eigenvalue weighted by Gasteiger charge is -2.23. The van der Waals surface area contributed by atoms with Gasteiger partial charge in [-0.15, -0.1) is 0 Å². The van der Waals surface area contributed by atoms with E-state index in [2.05, 4.69) is 5.10 Å². The Morgan fingerprint density at radius 2 is 2.18 bits per heavy atom. The van der Waals surface area contributed by atoms with Gasteiger partial charge in [-0.25, -0.2) is 8.42 Å². The monoisotopic (exact) mass is 260 g/mol. The number of sulfonamides is 1. The van der Waals surface area contributed by atoms with Crippen LogP contribution in [0.2, 0.25) is 0 Å². The van der Waals surface area contributed by atoms with Gasteiger partial charge in [0.25, 0.3) is 0 Å². The SMILES string of the molecule is CCCC(C)N(C)S(=O)(=O)c1cn(C)nc1N. The van der Waals surface area contributed by atoms with Gasteiger partial charge < -0.3 is 5.73 Å². The molecule has 7 heteroatoms. The average molecular weight is 260 g/mol. The van der Waals surface area contributed by atoms with E-state index in [4.69, 9.17) is 5.73 Å². The largest absolute Gasteiger partial charge is 0.381 e. The van der Waals surface area contributed by atoms with Crippen LogP contribution in [0, 0.1) is 0 Å². The zero-order valence-corrected chi connectivity index (χ0v) is 11.5. The van der Waals surface area contributed by atoms with E-state index in [0.717, 1.165) is 12.8 Å². The van der Waals surface area contributed by atoms with E-state index in [9.17, 15) is 8.42 Å². The molecular formula is C10H20N4O2S. The third-order valence-corrected chi connectivity index (χ3v) is 4.79. The second kappa shape index (κ2) is 5.05. The standard InChI is InChI=1S/C10H20N4O2S/c1-5-6-8(2)14(4)17(15,16)9-7-13(3)12-10(9)11/h7-8H,5-6H2,1-4H3,(H2,11,12). The molecule has 1 aromatic rings. The second-order valence-electron chi connectivity index (χ2n) is 4.21. The molecule has 0 aromatic carbocycles. The minimum atomic E-state index is -3.55. The van der Waals surface area contributed by atoms with Gasteiger partial charge in [-0.2, -0.15) is 9.40 Å². The molecule has 1 heterocycles. The normalized spacial score (nSPS) is 14.2. The summed E-state index contributed by atoms with van der Waals surface area (Å²) in [5, 5.41) is 3.85. The van der Waals surface area contributed by atoms with Crippen LogP contribution in [0.5, 0.6) is 0 Å². The van der Waals surface area contributed by atoms with E-state index in [1.54, 1.807) is 14.1 Å². The Kier molecular flexibility index (Phi) is 4.16. The molecule has 0 radical (unpaired) electrons. The van der Waals surface area contributed by atoms with Gasteiger partial charge in [-0.1, -0.05) is 13.3 Å². The summed E-state index contributed by atoms with van der Waals surface area (Å²) in [6.07, 6.45) is 3.18. The van der Waals surface area contributed by atoms with Gasteiger partial charge in [0.2, 0.25) is 10.0 Å². The first-order chi connectivity index (χ1) is 7.80. The zero-order valence-electron chi connectivity index (χ0n) is 10.7. The maximum Gasteiger partial charge on any atom is 0.248 e. The molecule has 0 saturated carbocycles. The number of nitrogen functional groups attached to an aromatic ring is 1. The van der Waals surface area contributed by atoms with Crippen LogP contribution in [0.15, 0.2) is 11.1 Å². The summed E-state index contributed by atoms with van der Waals surface area (Å²) in [7, 11) is -0.330. The fraction of sp³-hybridized carbons (Fsp3) is 0.700. The quantitative estimate of drug-likeness (QED) is 0.849. The van der Waals surface area contributed by atoms with Crippen LogP contribution in [0.1, 0.15) is 26.7 Å². The predicted molar refractivity (Wildman–Crippen MR) is 66.9 cm³/mol. The van der Waals surface area contributed by atoms with Crippen molar-refractivity contribution in [3.63, 3.8) is 0 Å². The Hall–Kier alpha value is -1.08. The van der Waals surface area contributed by atoms with Crippen molar-refractivity contribution < 1.29 is 8.42 Å². The minimum absolute atomic E-state index is 0.0445. The molecule has 0 spiro atoms. The first-order valence-corrected chi connectivity index (χ1v) is 7.01. The lowest BCUT2D eigenvalue weighted by molar-refractivity contribution is 0.369. The maximum absolute atomic E-state index is 12.3. The Bertz CT molecular complexity index is 480. The van der Waals surface area contributed by atoms with Gasteiger partial charge in [0.1, 0.15) is 4.90 Å². The first kappa shape index (κ1) is 14.0. The Morgan fingerprint density at radius 3 is 2.59 bits per heavy atom. The molecule has 0 saturated heterocycles. The Labute approximate surface area is 102 Å². The zero-order chi connectivity index (χ0) is 13.2. The highest BCUT2D eigenvalue weighted by Crippen LogP contribution is 2.22. The topological polar surface area (TPSA) is 81.2 Å². The number of rotatable bonds is 5. The van der Waals surface area contributed by atoms with Crippen molar-refractivity contribution in [3.05, 3.63) is 6.20 Å². The van der Waals surface area contributed by atoms with Gasteiger partial charge in [0.15, 0.2) is 5.82 Å². The lowest BCUT2D eigenvalue weighted by atomic mass is 10.2. The van der Waals surface area contributed by atoms with E-state index in [-0.39, 0.29) is 16.8 Å². The molecule has 1 aromatic heterocycles. The third kappa shape index (κ3) is 2.78. The van der Waals surface area contributed by atoms with E-state index in [1.165, 1.54) is 15.2 Å². The van der Waals surface area contributed by atoms with Crippen molar-refractivity contribution in [1.29, 1.82) is 0 Å². The highest BCUT2D eigenvalue weighted by atomic mass is 32.2. The highest BCUT2D eigenvalue weighted by molar-refractivity contribution is 7.89. The summed E-state index contributed by atoms with van der Waals surface area (Å²) < 4.78 is 27.3. The van der Waals surface area contributed by atoms with Crippen molar-refractivity contribution in [2.75, 3.05) is 12.8 Å². The fourth-order valence-electron chi connectivity index (χ4n) is 1.67. The van der Waals surface area contributed by atoms with Crippen LogP contribution in [-0.2, 0) is 17.1 Å². The summed E-state index contributed by atoms with van der Waals surface area (Å²) in [5.41, 5.74) is 5.60. The molecule has 0 fully saturated rings. The van der Waals surface area contributed by atoms with Crippen molar-refractivity contribution in [3.8, 4) is 0 Å². The molecule has 0 aliphatic heterocycles. The van der Waals surface area contributed by atoms with Crippen LogP contribution in [0.4, 0.5) is 5.82 Å². The van der Waals surface area contributed by atoms with Crippen LogP contribution in [0.25, 0.3) is 0 Å². The smallest absolute Gasteiger partial charge is 0.248 e. The Balaban J connectivity index is 3.07. The molecule has 17 heavy (non-hydrogen) atoms. The van der Waals surface area contributed by atoms with Crippen LogP contribution in [0.3, 0.4) is 0 Å². The van der Waals surface area contributed by atoms with E-state index in [0.29, 0.717) is 0 Å². The highest BCUT2D eigenvalue weighted by Gasteiger charge is 2.28. The number of nitrogens with zero attached hydrogens (tertiary/aromatic N) is 3. The molecule has 98 valence electrons. The van der Waals surface area contributed by atoms with Crippen LogP contribution in [-0.4, -0.2) is 35.6 Å². The number of hydrogen-bond acceptors (Lipinski definition) is 4. The number of aryl methyl sites for hydroxylation is 1. The van der Waals surface area contributed by atoms with E-state index < -0.39 is 10.0 Å². The summed E-state index contributed by atoms with van der Waals surface area (Å²) in [4.78, 5) is 0.0745. The van der Waals surface area contributed by atoms with Gasteiger partial charge >= 0.3 is 0 Å². The number of aromatic nitrogens is 2. The number of nitrogens with two attached hydrogens (primary N) is 1. The van der Waals surface area contributed by atoms with Gasteiger partial charge in [-0.3, -0.25) is 4.68 Å². The Morgan fingerprint density at radius 1 is 1.59 bits per heavy atom. The van der Waals surface area contributed by atoms with Crippen molar-refractivity contribution in [2.24, 2.45) is 7.05 Å². The molecule has 0 bridgehead atoms. The van der Waals surface area contributed by atoms with E-state index in [1.807, 2.05) is 13.8 Å². The maximum atomic E-state index is 12.3.